The molecule has 3 heterocycles. The fourth-order valence-corrected chi connectivity index (χ4v) is 2.90. The minimum atomic E-state index is -0.0422. The quantitative estimate of drug-likeness (QED) is 0.930. The lowest BCUT2D eigenvalue weighted by Crippen LogP contribution is -2.40. The van der Waals surface area contributed by atoms with Crippen molar-refractivity contribution in [2.24, 2.45) is 0 Å². The molecule has 2 aromatic rings. The van der Waals surface area contributed by atoms with Gasteiger partial charge in [-0.05, 0) is 38.3 Å². The van der Waals surface area contributed by atoms with E-state index in [2.05, 4.69) is 20.2 Å². The predicted octanol–water partition coefficient (Wildman–Crippen LogP) is 1.81. The number of nitrogens with one attached hydrogen (secondary N) is 1. The van der Waals surface area contributed by atoms with Crippen LogP contribution in [0.25, 0.3) is 0 Å². The fourth-order valence-electron chi connectivity index (χ4n) is 2.90. The zero-order valence-electron chi connectivity index (χ0n) is 13.5. The molecule has 1 aliphatic rings. The van der Waals surface area contributed by atoms with Gasteiger partial charge in [0.05, 0.1) is 25.8 Å². The van der Waals surface area contributed by atoms with Gasteiger partial charge in [0.2, 0.25) is 5.91 Å². The van der Waals surface area contributed by atoms with E-state index in [0.29, 0.717) is 11.6 Å². The van der Waals surface area contributed by atoms with Gasteiger partial charge < -0.3 is 9.64 Å². The average Bonchev–Trinajstić information content (AvgIpc) is 3.02. The third-order valence-electron chi connectivity index (χ3n) is 4.10. The summed E-state index contributed by atoms with van der Waals surface area (Å²) < 4.78 is 5.09. The summed E-state index contributed by atoms with van der Waals surface area (Å²) in [6.07, 6.45) is 4.92. The first-order valence-corrected chi connectivity index (χ1v) is 7.84. The van der Waals surface area contributed by atoms with E-state index in [9.17, 15) is 4.79 Å². The molecule has 1 fully saturated rings. The van der Waals surface area contributed by atoms with Crippen LogP contribution in [-0.4, -0.2) is 44.6 Å². The van der Waals surface area contributed by atoms with Gasteiger partial charge in [-0.1, -0.05) is 0 Å². The van der Waals surface area contributed by atoms with Crippen LogP contribution in [-0.2, 0) is 11.2 Å². The second-order valence-electron chi connectivity index (χ2n) is 5.74. The first kappa shape index (κ1) is 15.5. The van der Waals surface area contributed by atoms with Crippen molar-refractivity contribution in [2.45, 2.75) is 38.6 Å². The summed E-state index contributed by atoms with van der Waals surface area (Å²) in [5.74, 6) is 2.23. The van der Waals surface area contributed by atoms with Crippen LogP contribution in [0.4, 0.5) is 0 Å². The summed E-state index contributed by atoms with van der Waals surface area (Å²) in [5.41, 5.74) is 0.742. The number of methoxy groups -OCH3 is 1. The first-order chi connectivity index (χ1) is 11.2. The van der Waals surface area contributed by atoms with Crippen molar-refractivity contribution < 1.29 is 9.53 Å². The number of carbonyl (C=O) groups excluding carboxylic acids is 1. The number of carbonyl (C=O) groups is 1. The molecule has 0 unspecified atom stereocenters. The normalized spacial score (nSPS) is 18.0. The van der Waals surface area contributed by atoms with Crippen LogP contribution in [0, 0.1) is 6.92 Å². The second-order valence-corrected chi connectivity index (χ2v) is 5.74. The Hall–Kier alpha value is -2.44. The molecule has 3 rings (SSSR count). The minimum Gasteiger partial charge on any atom is -0.495 e. The van der Waals surface area contributed by atoms with Gasteiger partial charge in [0, 0.05) is 12.2 Å². The first-order valence-electron chi connectivity index (χ1n) is 7.84. The highest BCUT2D eigenvalue weighted by Gasteiger charge is 2.30. The van der Waals surface area contributed by atoms with Gasteiger partial charge in [0.1, 0.15) is 11.6 Å². The maximum absolute atomic E-state index is 12.7. The van der Waals surface area contributed by atoms with Crippen molar-refractivity contribution in [3.05, 3.63) is 35.7 Å². The monoisotopic (exact) mass is 315 g/mol. The van der Waals surface area contributed by atoms with E-state index in [1.165, 1.54) is 0 Å². The van der Waals surface area contributed by atoms with Gasteiger partial charge in [-0.15, -0.1) is 0 Å². The SMILES string of the molecule is COc1ccc(CC(=O)N2CCCC[C@H]2c2n[nH]c(C)n2)nc1. The number of pyridine rings is 1. The Bertz CT molecular complexity index is 667. The maximum atomic E-state index is 12.7. The number of aromatic amines is 1. The summed E-state index contributed by atoms with van der Waals surface area (Å²) in [5, 5.41) is 7.10. The molecule has 7 heteroatoms. The number of hydrogen-bond acceptors (Lipinski definition) is 5. The number of amides is 1. The molecule has 0 saturated carbocycles. The Morgan fingerprint density at radius 3 is 2.96 bits per heavy atom. The number of rotatable bonds is 4. The van der Waals surface area contributed by atoms with Crippen molar-refractivity contribution in [3.63, 3.8) is 0 Å². The van der Waals surface area contributed by atoms with Gasteiger partial charge >= 0.3 is 0 Å². The fraction of sp³-hybridized carbons (Fsp3) is 0.500. The number of H-pyrrole nitrogens is 1. The van der Waals surface area contributed by atoms with Crippen LogP contribution < -0.4 is 4.74 Å². The number of aromatic nitrogens is 4. The van der Waals surface area contributed by atoms with Crippen LogP contribution in [0.1, 0.15) is 42.6 Å². The molecule has 1 saturated heterocycles. The van der Waals surface area contributed by atoms with Crippen molar-refractivity contribution in [3.8, 4) is 5.75 Å². The van der Waals surface area contributed by atoms with E-state index < -0.39 is 0 Å². The van der Waals surface area contributed by atoms with Crippen LogP contribution in [0.15, 0.2) is 18.3 Å². The molecule has 0 radical (unpaired) electrons. The molecule has 0 aromatic carbocycles. The van der Waals surface area contributed by atoms with Gasteiger partial charge in [0.25, 0.3) is 0 Å². The molecule has 1 atom stereocenters. The Balaban J connectivity index is 1.73. The van der Waals surface area contributed by atoms with E-state index in [4.69, 9.17) is 4.74 Å². The largest absolute Gasteiger partial charge is 0.495 e. The lowest BCUT2D eigenvalue weighted by atomic mass is 10.0. The zero-order valence-corrected chi connectivity index (χ0v) is 13.5. The standard InChI is InChI=1S/C16H21N5O2/c1-11-18-16(20-19-11)14-5-3-4-8-21(14)15(22)9-12-6-7-13(23-2)10-17-12/h6-7,10,14H,3-5,8-9H2,1-2H3,(H,18,19,20)/t14-/m0/s1. The summed E-state index contributed by atoms with van der Waals surface area (Å²) in [7, 11) is 1.60. The minimum absolute atomic E-state index is 0.0422. The smallest absolute Gasteiger partial charge is 0.229 e. The van der Waals surface area contributed by atoms with E-state index in [-0.39, 0.29) is 18.4 Å². The molecule has 0 aliphatic carbocycles. The van der Waals surface area contributed by atoms with Crippen molar-refractivity contribution in [1.29, 1.82) is 0 Å². The number of nitrogens with zero attached hydrogens (tertiary/aromatic N) is 4. The third kappa shape index (κ3) is 3.49. The summed E-state index contributed by atoms with van der Waals surface area (Å²) >= 11 is 0. The summed E-state index contributed by atoms with van der Waals surface area (Å²) in [6.45, 7) is 2.61. The Morgan fingerprint density at radius 2 is 2.30 bits per heavy atom. The molecule has 23 heavy (non-hydrogen) atoms. The molecule has 0 spiro atoms. The number of likely N-dealkylation sites (tertiary alicyclic amines) is 1. The third-order valence-corrected chi connectivity index (χ3v) is 4.10. The Kier molecular flexibility index (Phi) is 4.55. The lowest BCUT2D eigenvalue weighted by molar-refractivity contribution is -0.134. The molecule has 0 bridgehead atoms. The number of piperidine rings is 1. The van der Waals surface area contributed by atoms with Gasteiger partial charge in [-0.2, -0.15) is 5.10 Å². The Morgan fingerprint density at radius 1 is 1.43 bits per heavy atom. The molecule has 1 aliphatic heterocycles. The Labute approximate surface area is 135 Å². The van der Waals surface area contributed by atoms with Gasteiger partial charge in [-0.3, -0.25) is 14.9 Å². The zero-order chi connectivity index (χ0) is 16.2. The van der Waals surface area contributed by atoms with Crippen LogP contribution >= 0.6 is 0 Å². The van der Waals surface area contributed by atoms with E-state index >= 15 is 0 Å². The average molecular weight is 315 g/mol. The summed E-state index contributed by atoms with van der Waals surface area (Å²) in [4.78, 5) is 23.3. The van der Waals surface area contributed by atoms with Crippen molar-refractivity contribution in [2.75, 3.05) is 13.7 Å². The maximum Gasteiger partial charge on any atom is 0.229 e. The molecule has 7 nitrogen and oxygen atoms in total. The molecule has 1 N–H and O–H groups in total. The van der Waals surface area contributed by atoms with Crippen LogP contribution in [0.3, 0.4) is 0 Å². The van der Waals surface area contributed by atoms with Gasteiger partial charge in [0.15, 0.2) is 5.82 Å². The lowest BCUT2D eigenvalue weighted by Gasteiger charge is -2.34. The highest BCUT2D eigenvalue weighted by molar-refractivity contribution is 5.78. The second kappa shape index (κ2) is 6.76. The van der Waals surface area contributed by atoms with Crippen LogP contribution in [0.2, 0.25) is 0 Å². The molecule has 2 aromatic heterocycles. The molecule has 122 valence electrons. The number of hydrogen-bond donors (Lipinski definition) is 1. The topological polar surface area (TPSA) is 84.0 Å². The van der Waals surface area contributed by atoms with Crippen molar-refractivity contribution in [1.82, 2.24) is 25.1 Å². The van der Waals surface area contributed by atoms with E-state index in [0.717, 1.165) is 37.3 Å². The molecular weight excluding hydrogens is 294 g/mol. The molecule has 1 amide bonds. The van der Waals surface area contributed by atoms with E-state index in [1.807, 2.05) is 24.0 Å². The summed E-state index contributed by atoms with van der Waals surface area (Å²) in [6, 6.07) is 3.61. The van der Waals surface area contributed by atoms with Crippen LogP contribution in [0.5, 0.6) is 5.75 Å². The predicted molar refractivity (Wildman–Crippen MR) is 83.9 cm³/mol. The van der Waals surface area contributed by atoms with E-state index in [1.54, 1.807) is 13.3 Å². The highest BCUT2D eigenvalue weighted by Crippen LogP contribution is 2.29. The molecular formula is C16H21N5O2. The number of aryl methyl sites for hydroxylation is 1. The number of ether oxygens (including phenoxy) is 1. The van der Waals surface area contributed by atoms with Crippen molar-refractivity contribution >= 4 is 5.91 Å². The highest BCUT2D eigenvalue weighted by atomic mass is 16.5. The van der Waals surface area contributed by atoms with Gasteiger partial charge in [-0.25, -0.2) is 4.98 Å².